The highest BCUT2D eigenvalue weighted by Gasteiger charge is 2.24. The van der Waals surface area contributed by atoms with E-state index in [1.807, 2.05) is 17.9 Å². The molecule has 1 aromatic rings. The number of carbonyl (C=O) groups excluding carboxylic acids is 1. The molecular weight excluding hydrogens is 266 g/mol. The predicted molar refractivity (Wildman–Crippen MR) is 84.0 cm³/mol. The minimum Gasteiger partial charge on any atom is -0.377 e. The van der Waals surface area contributed by atoms with Gasteiger partial charge >= 0.3 is 6.03 Å². The summed E-state index contributed by atoms with van der Waals surface area (Å²) < 4.78 is 5.37. The van der Waals surface area contributed by atoms with E-state index in [2.05, 4.69) is 29.4 Å². The first-order chi connectivity index (χ1) is 10.1. The molecule has 1 saturated heterocycles. The van der Waals surface area contributed by atoms with Crippen molar-refractivity contribution in [3.63, 3.8) is 0 Å². The van der Waals surface area contributed by atoms with Gasteiger partial charge in [0.05, 0.1) is 19.3 Å². The van der Waals surface area contributed by atoms with Gasteiger partial charge in [-0.1, -0.05) is 0 Å². The van der Waals surface area contributed by atoms with Crippen LogP contribution in [0.5, 0.6) is 0 Å². The fourth-order valence-corrected chi connectivity index (χ4v) is 3.09. The summed E-state index contributed by atoms with van der Waals surface area (Å²) in [6.45, 7) is 5.00. The van der Waals surface area contributed by atoms with Crippen LogP contribution in [0, 0.1) is 0 Å². The average Bonchev–Trinajstić information content (AvgIpc) is 2.48. The van der Waals surface area contributed by atoms with Crippen LogP contribution >= 0.6 is 0 Å². The highest BCUT2D eigenvalue weighted by Crippen LogP contribution is 2.28. The second-order valence-electron chi connectivity index (χ2n) is 5.92. The molecule has 21 heavy (non-hydrogen) atoms. The van der Waals surface area contributed by atoms with Crippen LogP contribution in [0.2, 0.25) is 0 Å². The number of rotatable bonds is 1. The third-order valence-corrected chi connectivity index (χ3v) is 4.31. The molecule has 0 aromatic heterocycles. The van der Waals surface area contributed by atoms with E-state index < -0.39 is 0 Å². The molecule has 3 rings (SSSR count). The van der Waals surface area contributed by atoms with E-state index in [-0.39, 0.29) is 12.1 Å². The van der Waals surface area contributed by atoms with E-state index in [0.29, 0.717) is 19.8 Å². The Kier molecular flexibility index (Phi) is 4.01. The van der Waals surface area contributed by atoms with Gasteiger partial charge in [0, 0.05) is 31.5 Å². The normalized spacial score (nSPS) is 21.9. The third-order valence-electron chi connectivity index (χ3n) is 4.31. The molecule has 2 heterocycles. The standard InChI is InChI=1S/C16H23N3O2/c1-12-11-21-9-8-19(12)16(20)17-14-5-6-15-13(10-14)4-3-7-18(15)2/h5-6,10,12H,3-4,7-9,11H2,1-2H3,(H,17,20)/t12-/m1/s1. The topological polar surface area (TPSA) is 44.8 Å². The number of hydrogen-bond donors (Lipinski definition) is 1. The summed E-state index contributed by atoms with van der Waals surface area (Å²) in [5, 5.41) is 3.02. The van der Waals surface area contributed by atoms with Crippen LogP contribution in [0.3, 0.4) is 0 Å². The minimum absolute atomic E-state index is 0.0325. The van der Waals surface area contributed by atoms with Crippen LogP contribution in [0.25, 0.3) is 0 Å². The summed E-state index contributed by atoms with van der Waals surface area (Å²) in [5.74, 6) is 0. The van der Waals surface area contributed by atoms with E-state index in [9.17, 15) is 4.79 Å². The van der Waals surface area contributed by atoms with Gasteiger partial charge < -0.3 is 19.9 Å². The Labute approximate surface area is 125 Å². The van der Waals surface area contributed by atoms with Crippen LogP contribution in [-0.2, 0) is 11.2 Å². The largest absolute Gasteiger partial charge is 0.377 e. The van der Waals surface area contributed by atoms with Crippen molar-refractivity contribution in [2.24, 2.45) is 0 Å². The van der Waals surface area contributed by atoms with Crippen molar-refractivity contribution in [1.82, 2.24) is 4.90 Å². The summed E-state index contributed by atoms with van der Waals surface area (Å²) in [5.41, 5.74) is 3.48. The maximum atomic E-state index is 12.4. The molecule has 1 atom stereocenters. The second-order valence-corrected chi connectivity index (χ2v) is 5.92. The zero-order valence-corrected chi connectivity index (χ0v) is 12.8. The maximum Gasteiger partial charge on any atom is 0.322 e. The lowest BCUT2D eigenvalue weighted by Gasteiger charge is -2.33. The second kappa shape index (κ2) is 5.93. The number of carbonyl (C=O) groups is 1. The third kappa shape index (κ3) is 2.97. The quantitative estimate of drug-likeness (QED) is 0.863. The van der Waals surface area contributed by atoms with E-state index >= 15 is 0 Å². The van der Waals surface area contributed by atoms with Crippen LogP contribution in [0.15, 0.2) is 18.2 Å². The number of morpholine rings is 1. The molecule has 5 nitrogen and oxygen atoms in total. The van der Waals surface area contributed by atoms with E-state index in [1.165, 1.54) is 17.7 Å². The van der Waals surface area contributed by atoms with Gasteiger partial charge in [-0.3, -0.25) is 0 Å². The van der Waals surface area contributed by atoms with Crippen LogP contribution in [-0.4, -0.2) is 50.3 Å². The van der Waals surface area contributed by atoms with Gasteiger partial charge in [-0.05, 0) is 43.5 Å². The lowest BCUT2D eigenvalue weighted by atomic mass is 10.0. The smallest absolute Gasteiger partial charge is 0.322 e. The van der Waals surface area contributed by atoms with E-state index in [0.717, 1.165) is 18.7 Å². The Morgan fingerprint density at radius 1 is 1.38 bits per heavy atom. The molecule has 0 unspecified atom stereocenters. The predicted octanol–water partition coefficient (Wildman–Crippen LogP) is 2.32. The van der Waals surface area contributed by atoms with Crippen molar-refractivity contribution < 1.29 is 9.53 Å². The molecule has 0 spiro atoms. The van der Waals surface area contributed by atoms with Crippen molar-refractivity contribution in [3.8, 4) is 0 Å². The highest BCUT2D eigenvalue weighted by molar-refractivity contribution is 5.90. The molecule has 1 N–H and O–H groups in total. The molecule has 0 radical (unpaired) electrons. The molecule has 2 aliphatic rings. The number of anilines is 2. The van der Waals surface area contributed by atoms with Gasteiger partial charge in [-0.2, -0.15) is 0 Å². The maximum absolute atomic E-state index is 12.4. The summed E-state index contributed by atoms with van der Waals surface area (Å²) in [7, 11) is 2.12. The van der Waals surface area contributed by atoms with E-state index in [1.54, 1.807) is 0 Å². The van der Waals surface area contributed by atoms with Crippen LogP contribution in [0.4, 0.5) is 16.2 Å². The van der Waals surface area contributed by atoms with Crippen molar-refractivity contribution in [2.75, 3.05) is 43.6 Å². The van der Waals surface area contributed by atoms with Crippen molar-refractivity contribution in [2.45, 2.75) is 25.8 Å². The molecule has 1 aromatic carbocycles. The van der Waals surface area contributed by atoms with Gasteiger partial charge in [-0.15, -0.1) is 0 Å². The molecule has 0 aliphatic carbocycles. The van der Waals surface area contributed by atoms with Gasteiger partial charge in [0.25, 0.3) is 0 Å². The van der Waals surface area contributed by atoms with Crippen molar-refractivity contribution in [1.29, 1.82) is 0 Å². The number of amides is 2. The summed E-state index contributed by atoms with van der Waals surface area (Å²) in [6, 6.07) is 6.29. The number of nitrogens with zero attached hydrogens (tertiary/aromatic N) is 2. The summed E-state index contributed by atoms with van der Waals surface area (Å²) in [6.07, 6.45) is 2.25. The number of ether oxygens (including phenoxy) is 1. The molecule has 0 saturated carbocycles. The average molecular weight is 289 g/mol. The lowest BCUT2D eigenvalue weighted by Crippen LogP contribution is -2.48. The number of hydrogen-bond acceptors (Lipinski definition) is 3. The first-order valence-corrected chi connectivity index (χ1v) is 7.64. The minimum atomic E-state index is -0.0325. The summed E-state index contributed by atoms with van der Waals surface area (Å²) >= 11 is 0. The first-order valence-electron chi connectivity index (χ1n) is 7.64. The molecule has 5 heteroatoms. The molecule has 114 valence electrons. The SMILES string of the molecule is C[C@@H]1COCCN1C(=O)Nc1ccc2c(c1)CCCN2C. The molecule has 0 bridgehead atoms. The highest BCUT2D eigenvalue weighted by atomic mass is 16.5. The van der Waals surface area contributed by atoms with Gasteiger partial charge in [0.2, 0.25) is 0 Å². The Morgan fingerprint density at radius 2 is 2.24 bits per heavy atom. The number of fused-ring (bicyclic) bond motifs is 1. The molecule has 2 amide bonds. The molecular formula is C16H23N3O2. The number of nitrogens with one attached hydrogen (secondary N) is 1. The Bertz CT molecular complexity index is 532. The van der Waals surface area contributed by atoms with Crippen LogP contribution < -0.4 is 10.2 Å². The van der Waals surface area contributed by atoms with Crippen molar-refractivity contribution >= 4 is 17.4 Å². The molecule has 1 fully saturated rings. The Morgan fingerprint density at radius 3 is 3.05 bits per heavy atom. The number of urea groups is 1. The monoisotopic (exact) mass is 289 g/mol. The lowest BCUT2D eigenvalue weighted by molar-refractivity contribution is 0.0222. The number of benzene rings is 1. The Balaban J connectivity index is 1.71. The van der Waals surface area contributed by atoms with Gasteiger partial charge in [0.15, 0.2) is 0 Å². The fraction of sp³-hybridized carbons (Fsp3) is 0.562. The van der Waals surface area contributed by atoms with E-state index in [4.69, 9.17) is 4.74 Å². The van der Waals surface area contributed by atoms with Gasteiger partial charge in [-0.25, -0.2) is 4.79 Å². The molecule has 2 aliphatic heterocycles. The van der Waals surface area contributed by atoms with Crippen LogP contribution in [0.1, 0.15) is 18.9 Å². The van der Waals surface area contributed by atoms with Crippen molar-refractivity contribution in [3.05, 3.63) is 23.8 Å². The number of aryl methyl sites for hydroxylation is 1. The summed E-state index contributed by atoms with van der Waals surface area (Å²) in [4.78, 5) is 16.5. The van der Waals surface area contributed by atoms with Gasteiger partial charge in [0.1, 0.15) is 0 Å². The Hall–Kier alpha value is -1.75. The first kappa shape index (κ1) is 14.2. The fourth-order valence-electron chi connectivity index (χ4n) is 3.09. The zero-order valence-electron chi connectivity index (χ0n) is 12.8. The zero-order chi connectivity index (χ0) is 14.8.